The molecule has 106 valence electrons. The van der Waals surface area contributed by atoms with Gasteiger partial charge in [-0.15, -0.1) is 0 Å². The first-order chi connectivity index (χ1) is 9.55. The standard InChI is InChI=1S/C14H16ClN3OS/c1-3-17(8-10(2)7-16)9-18-12-5-4-11(15)6-13(12)19-14(18)20/h4-6,10H,3,8-9H2,1-2H3. The summed E-state index contributed by atoms with van der Waals surface area (Å²) in [5, 5.41) is 9.55. The zero-order valence-electron chi connectivity index (χ0n) is 11.5. The maximum atomic E-state index is 8.92. The van der Waals surface area contributed by atoms with Crippen LogP contribution in [0.3, 0.4) is 0 Å². The Labute approximate surface area is 128 Å². The van der Waals surface area contributed by atoms with Gasteiger partial charge in [0.2, 0.25) is 0 Å². The van der Waals surface area contributed by atoms with Gasteiger partial charge < -0.3 is 4.42 Å². The van der Waals surface area contributed by atoms with Crippen LogP contribution in [0.2, 0.25) is 5.02 Å². The highest BCUT2D eigenvalue weighted by molar-refractivity contribution is 7.71. The van der Waals surface area contributed by atoms with Crippen LogP contribution in [-0.2, 0) is 6.67 Å². The molecule has 1 aromatic carbocycles. The minimum atomic E-state index is -0.0169. The van der Waals surface area contributed by atoms with Crippen molar-refractivity contribution in [2.75, 3.05) is 13.1 Å². The summed E-state index contributed by atoms with van der Waals surface area (Å²) in [6.45, 7) is 6.13. The van der Waals surface area contributed by atoms with Gasteiger partial charge in [0.05, 0.1) is 24.2 Å². The van der Waals surface area contributed by atoms with E-state index in [1.54, 1.807) is 6.07 Å². The lowest BCUT2D eigenvalue weighted by atomic mass is 10.2. The van der Waals surface area contributed by atoms with Crippen LogP contribution in [0.15, 0.2) is 22.6 Å². The number of oxazole rings is 1. The van der Waals surface area contributed by atoms with Crippen molar-refractivity contribution in [2.45, 2.75) is 20.5 Å². The van der Waals surface area contributed by atoms with Gasteiger partial charge in [-0.25, -0.2) is 0 Å². The SMILES string of the molecule is CCN(CC(C)C#N)Cn1c(=S)oc2cc(Cl)ccc21. The summed E-state index contributed by atoms with van der Waals surface area (Å²) in [4.78, 5) is 2.58. The van der Waals surface area contributed by atoms with Crippen LogP contribution in [-0.4, -0.2) is 22.6 Å². The van der Waals surface area contributed by atoms with Crippen LogP contribution in [0.4, 0.5) is 0 Å². The fourth-order valence-electron chi connectivity index (χ4n) is 2.09. The highest BCUT2D eigenvalue weighted by Gasteiger charge is 2.13. The molecule has 2 rings (SSSR count). The molecular formula is C14H16ClN3OS. The van der Waals surface area contributed by atoms with E-state index in [0.29, 0.717) is 28.7 Å². The van der Waals surface area contributed by atoms with Gasteiger partial charge >= 0.3 is 0 Å². The quantitative estimate of drug-likeness (QED) is 0.781. The molecule has 1 atom stereocenters. The van der Waals surface area contributed by atoms with Crippen LogP contribution in [0.1, 0.15) is 13.8 Å². The van der Waals surface area contributed by atoms with Gasteiger partial charge in [-0.1, -0.05) is 18.5 Å². The number of nitriles is 1. The van der Waals surface area contributed by atoms with E-state index in [1.807, 2.05) is 23.6 Å². The van der Waals surface area contributed by atoms with Crippen molar-refractivity contribution < 1.29 is 4.42 Å². The second-order valence-corrected chi connectivity index (χ2v) is 5.53. The van der Waals surface area contributed by atoms with Crippen LogP contribution in [0.5, 0.6) is 0 Å². The van der Waals surface area contributed by atoms with E-state index in [-0.39, 0.29) is 5.92 Å². The molecule has 0 amide bonds. The molecule has 0 bridgehead atoms. The Morgan fingerprint density at radius 2 is 2.30 bits per heavy atom. The first-order valence-electron chi connectivity index (χ1n) is 6.46. The van der Waals surface area contributed by atoms with E-state index in [2.05, 4.69) is 17.9 Å². The van der Waals surface area contributed by atoms with Crippen molar-refractivity contribution >= 4 is 34.9 Å². The van der Waals surface area contributed by atoms with Crippen molar-refractivity contribution in [3.8, 4) is 6.07 Å². The van der Waals surface area contributed by atoms with Gasteiger partial charge in [0, 0.05) is 17.6 Å². The molecule has 20 heavy (non-hydrogen) atoms. The van der Waals surface area contributed by atoms with Gasteiger partial charge in [-0.05, 0) is 37.8 Å². The smallest absolute Gasteiger partial charge is 0.270 e. The van der Waals surface area contributed by atoms with Gasteiger partial charge in [-0.2, -0.15) is 5.26 Å². The number of benzene rings is 1. The molecule has 0 radical (unpaired) electrons. The lowest BCUT2D eigenvalue weighted by molar-refractivity contribution is 0.212. The first-order valence-corrected chi connectivity index (χ1v) is 7.24. The second-order valence-electron chi connectivity index (χ2n) is 4.75. The van der Waals surface area contributed by atoms with Crippen molar-refractivity contribution in [1.29, 1.82) is 5.26 Å². The van der Waals surface area contributed by atoms with Crippen molar-refractivity contribution in [1.82, 2.24) is 9.47 Å². The predicted molar refractivity (Wildman–Crippen MR) is 82.1 cm³/mol. The molecule has 0 N–H and O–H groups in total. The van der Waals surface area contributed by atoms with E-state index in [1.165, 1.54) is 0 Å². The average molecular weight is 310 g/mol. The Kier molecular flexibility index (Phi) is 4.81. The minimum absolute atomic E-state index is 0.0169. The Balaban J connectivity index is 2.31. The molecule has 1 unspecified atom stereocenters. The molecule has 0 saturated heterocycles. The number of hydrogen-bond acceptors (Lipinski definition) is 4. The van der Waals surface area contributed by atoms with Crippen LogP contribution >= 0.6 is 23.8 Å². The molecule has 1 aromatic heterocycles. The molecule has 2 aromatic rings. The maximum Gasteiger partial charge on any atom is 0.270 e. The van der Waals surface area contributed by atoms with Crippen LogP contribution < -0.4 is 0 Å². The highest BCUT2D eigenvalue weighted by Crippen LogP contribution is 2.22. The number of rotatable bonds is 5. The molecule has 4 nitrogen and oxygen atoms in total. The Morgan fingerprint density at radius 3 is 2.95 bits per heavy atom. The molecule has 0 saturated carbocycles. The first kappa shape index (κ1) is 15.0. The van der Waals surface area contributed by atoms with E-state index < -0.39 is 0 Å². The summed E-state index contributed by atoms with van der Waals surface area (Å²) in [5.74, 6) is -0.0169. The topological polar surface area (TPSA) is 45.1 Å². The molecule has 6 heteroatoms. The van der Waals surface area contributed by atoms with Gasteiger partial charge in [0.25, 0.3) is 4.84 Å². The summed E-state index contributed by atoms with van der Waals surface area (Å²) >= 11 is 11.2. The summed E-state index contributed by atoms with van der Waals surface area (Å²) in [7, 11) is 0. The molecule has 0 aliphatic rings. The van der Waals surface area contributed by atoms with Crippen LogP contribution in [0.25, 0.3) is 11.1 Å². The molecule has 0 aliphatic heterocycles. The minimum Gasteiger partial charge on any atom is -0.429 e. The molecule has 0 fully saturated rings. The third kappa shape index (κ3) is 3.21. The lowest BCUT2D eigenvalue weighted by Crippen LogP contribution is -2.30. The Bertz CT molecular complexity index is 700. The van der Waals surface area contributed by atoms with Crippen molar-refractivity contribution in [2.24, 2.45) is 5.92 Å². The van der Waals surface area contributed by atoms with Crippen LogP contribution in [0, 0.1) is 22.1 Å². The average Bonchev–Trinajstić information content (AvgIpc) is 2.73. The number of fused-ring (bicyclic) bond motifs is 1. The zero-order chi connectivity index (χ0) is 14.7. The Morgan fingerprint density at radius 1 is 1.55 bits per heavy atom. The summed E-state index contributed by atoms with van der Waals surface area (Å²) < 4.78 is 7.48. The number of aromatic nitrogens is 1. The molecular weight excluding hydrogens is 294 g/mol. The van der Waals surface area contributed by atoms with Gasteiger partial charge in [-0.3, -0.25) is 9.47 Å². The van der Waals surface area contributed by atoms with Crippen molar-refractivity contribution in [3.05, 3.63) is 28.1 Å². The Hall–Kier alpha value is -1.35. The van der Waals surface area contributed by atoms with E-state index >= 15 is 0 Å². The number of halogens is 1. The second kappa shape index (κ2) is 6.40. The van der Waals surface area contributed by atoms with Gasteiger partial charge in [0.1, 0.15) is 0 Å². The molecule has 0 spiro atoms. The van der Waals surface area contributed by atoms with E-state index in [4.69, 9.17) is 33.5 Å². The zero-order valence-corrected chi connectivity index (χ0v) is 13.0. The number of hydrogen-bond donors (Lipinski definition) is 0. The predicted octanol–water partition coefficient (Wildman–Crippen LogP) is 4.06. The molecule has 0 aliphatic carbocycles. The van der Waals surface area contributed by atoms with E-state index in [0.717, 1.165) is 12.1 Å². The summed E-state index contributed by atoms with van der Waals surface area (Å²) in [6.07, 6.45) is 0. The van der Waals surface area contributed by atoms with Crippen molar-refractivity contribution in [3.63, 3.8) is 0 Å². The van der Waals surface area contributed by atoms with E-state index in [9.17, 15) is 0 Å². The third-order valence-corrected chi connectivity index (χ3v) is 3.71. The normalized spacial score (nSPS) is 12.8. The summed E-state index contributed by atoms with van der Waals surface area (Å²) in [6, 6.07) is 7.73. The fraction of sp³-hybridized carbons (Fsp3) is 0.429. The monoisotopic (exact) mass is 309 g/mol. The lowest BCUT2D eigenvalue weighted by Gasteiger charge is -2.21. The highest BCUT2D eigenvalue weighted by atomic mass is 35.5. The third-order valence-electron chi connectivity index (χ3n) is 3.17. The molecule has 1 heterocycles. The number of nitrogens with zero attached hydrogens (tertiary/aromatic N) is 3. The van der Waals surface area contributed by atoms with Gasteiger partial charge in [0.15, 0.2) is 5.58 Å². The maximum absolute atomic E-state index is 8.92. The summed E-state index contributed by atoms with van der Waals surface area (Å²) in [5.41, 5.74) is 1.61. The fourth-order valence-corrected chi connectivity index (χ4v) is 2.50. The largest absolute Gasteiger partial charge is 0.429 e.